The Labute approximate surface area is 102 Å². The van der Waals surface area contributed by atoms with Gasteiger partial charge in [-0.2, -0.15) is 0 Å². The molecule has 6 heteroatoms. The van der Waals surface area contributed by atoms with Crippen LogP contribution < -0.4 is 0 Å². The summed E-state index contributed by atoms with van der Waals surface area (Å²) in [6.45, 7) is 0.411. The summed E-state index contributed by atoms with van der Waals surface area (Å²) >= 11 is 0. The summed E-state index contributed by atoms with van der Waals surface area (Å²) in [6, 6.07) is 0. The molecule has 0 bridgehead atoms. The average molecular weight is 250 g/mol. The van der Waals surface area contributed by atoms with Gasteiger partial charge < -0.3 is 28.4 Å². The first-order chi connectivity index (χ1) is 8.23. The van der Waals surface area contributed by atoms with E-state index in [0.29, 0.717) is 6.61 Å². The van der Waals surface area contributed by atoms with Gasteiger partial charge in [-0.05, 0) is 0 Å². The molecule has 0 aromatic heterocycles. The molecule has 0 N–H and O–H groups in total. The number of rotatable bonds is 6. The third kappa shape index (κ3) is 3.15. The molecule has 0 unspecified atom stereocenters. The van der Waals surface area contributed by atoms with E-state index in [2.05, 4.69) is 0 Å². The Morgan fingerprint density at radius 1 is 0.765 bits per heavy atom. The molecule has 1 saturated heterocycles. The van der Waals surface area contributed by atoms with Gasteiger partial charge in [-0.25, -0.2) is 0 Å². The van der Waals surface area contributed by atoms with Crippen LogP contribution in [0.4, 0.5) is 0 Å². The molecule has 0 radical (unpaired) electrons. The largest absolute Gasteiger partial charge is 0.382 e. The Morgan fingerprint density at radius 3 is 1.76 bits per heavy atom. The van der Waals surface area contributed by atoms with Crippen molar-refractivity contribution in [1.82, 2.24) is 0 Å². The Bertz CT molecular complexity index is 212. The van der Waals surface area contributed by atoms with Crippen LogP contribution in [0.15, 0.2) is 0 Å². The minimum Gasteiger partial charge on any atom is -0.382 e. The van der Waals surface area contributed by atoms with Crippen LogP contribution in [0.5, 0.6) is 0 Å². The van der Waals surface area contributed by atoms with E-state index in [1.807, 2.05) is 0 Å². The van der Waals surface area contributed by atoms with Gasteiger partial charge in [0.1, 0.15) is 24.4 Å². The predicted octanol–water partition coefficient (Wildman–Crippen LogP) is 0.0491. The molecule has 102 valence electrons. The minimum absolute atomic E-state index is 0.244. The Hall–Kier alpha value is -0.240. The molecule has 0 aliphatic carbocycles. The fourth-order valence-corrected chi connectivity index (χ4v) is 2.17. The van der Waals surface area contributed by atoms with Crippen molar-refractivity contribution in [2.45, 2.75) is 30.7 Å². The minimum atomic E-state index is -0.489. The molecule has 5 atom stereocenters. The quantitative estimate of drug-likeness (QED) is 0.664. The molecule has 0 aromatic carbocycles. The van der Waals surface area contributed by atoms with Crippen molar-refractivity contribution in [3.8, 4) is 0 Å². The van der Waals surface area contributed by atoms with Crippen LogP contribution in [0.25, 0.3) is 0 Å². The molecule has 1 rings (SSSR count). The number of hydrogen-bond acceptors (Lipinski definition) is 6. The third-order valence-corrected chi connectivity index (χ3v) is 2.97. The molecule has 1 fully saturated rings. The van der Waals surface area contributed by atoms with Crippen molar-refractivity contribution in [3.63, 3.8) is 0 Å². The Balaban J connectivity index is 2.84. The second-order valence-electron chi connectivity index (χ2n) is 3.83. The summed E-state index contributed by atoms with van der Waals surface area (Å²) in [5, 5.41) is 0. The number of ether oxygens (including phenoxy) is 6. The van der Waals surface area contributed by atoms with Crippen molar-refractivity contribution >= 4 is 0 Å². The summed E-state index contributed by atoms with van der Waals surface area (Å²) in [4.78, 5) is 0. The highest BCUT2D eigenvalue weighted by Gasteiger charge is 2.47. The fraction of sp³-hybridized carbons (Fsp3) is 1.00. The number of methoxy groups -OCH3 is 5. The molecule has 17 heavy (non-hydrogen) atoms. The molecule has 0 saturated carbocycles. The highest BCUT2D eigenvalue weighted by atomic mass is 16.7. The SMILES string of the molecule is COC[C@@H]1O[C@@H](OC)[C@@H](OC)[C@@H](OC)[C@H]1OC. The van der Waals surface area contributed by atoms with Gasteiger partial charge in [0.15, 0.2) is 6.29 Å². The van der Waals surface area contributed by atoms with Crippen molar-refractivity contribution in [2.75, 3.05) is 42.2 Å². The fourth-order valence-electron chi connectivity index (χ4n) is 2.17. The summed E-state index contributed by atoms with van der Waals surface area (Å²) in [5.74, 6) is 0. The zero-order valence-electron chi connectivity index (χ0n) is 11.0. The Kier molecular flexibility index (Phi) is 6.32. The van der Waals surface area contributed by atoms with Gasteiger partial charge in [0.2, 0.25) is 0 Å². The summed E-state index contributed by atoms with van der Waals surface area (Å²) in [6.07, 6.45) is -1.58. The van der Waals surface area contributed by atoms with Crippen molar-refractivity contribution in [3.05, 3.63) is 0 Å². The van der Waals surface area contributed by atoms with Crippen molar-refractivity contribution in [2.24, 2.45) is 0 Å². The average Bonchev–Trinajstić information content (AvgIpc) is 2.37. The maximum Gasteiger partial charge on any atom is 0.186 e. The van der Waals surface area contributed by atoms with E-state index >= 15 is 0 Å². The van der Waals surface area contributed by atoms with Crippen LogP contribution >= 0.6 is 0 Å². The van der Waals surface area contributed by atoms with Gasteiger partial charge in [0.05, 0.1) is 6.61 Å². The third-order valence-electron chi connectivity index (χ3n) is 2.97. The highest BCUT2D eigenvalue weighted by Crippen LogP contribution is 2.27. The smallest absolute Gasteiger partial charge is 0.186 e. The van der Waals surface area contributed by atoms with Crippen molar-refractivity contribution < 1.29 is 28.4 Å². The van der Waals surface area contributed by atoms with Crippen molar-refractivity contribution in [1.29, 1.82) is 0 Å². The first-order valence-electron chi connectivity index (χ1n) is 5.49. The molecule has 6 nitrogen and oxygen atoms in total. The lowest BCUT2D eigenvalue weighted by atomic mass is 9.98. The summed E-state index contributed by atoms with van der Waals surface area (Å²) < 4.78 is 32.3. The van der Waals surface area contributed by atoms with Gasteiger partial charge >= 0.3 is 0 Å². The van der Waals surface area contributed by atoms with Gasteiger partial charge in [-0.3, -0.25) is 0 Å². The molecule has 0 spiro atoms. The van der Waals surface area contributed by atoms with Crippen LogP contribution in [0, 0.1) is 0 Å². The standard InChI is InChI=1S/C11H22O6/c1-12-6-7-8(13-2)9(14-3)10(15-4)11(16-5)17-7/h7-11H,6H2,1-5H3/t7-,8-,9-,10-,11+/m0/s1. The van der Waals surface area contributed by atoms with E-state index in [1.165, 1.54) is 0 Å². The monoisotopic (exact) mass is 250 g/mol. The molecule has 0 aromatic rings. The predicted molar refractivity (Wildman–Crippen MR) is 59.9 cm³/mol. The normalized spacial score (nSPS) is 38.3. The van der Waals surface area contributed by atoms with E-state index in [4.69, 9.17) is 28.4 Å². The molecule has 1 aliphatic rings. The van der Waals surface area contributed by atoms with Gasteiger partial charge in [-0.1, -0.05) is 0 Å². The highest BCUT2D eigenvalue weighted by molar-refractivity contribution is 4.92. The van der Waals surface area contributed by atoms with Crippen LogP contribution in [0.1, 0.15) is 0 Å². The van der Waals surface area contributed by atoms with E-state index in [9.17, 15) is 0 Å². The van der Waals surface area contributed by atoms with Crippen LogP contribution in [0.3, 0.4) is 0 Å². The Morgan fingerprint density at radius 2 is 1.35 bits per heavy atom. The first-order valence-corrected chi connectivity index (χ1v) is 5.49. The zero-order chi connectivity index (χ0) is 12.8. The van der Waals surface area contributed by atoms with E-state index in [1.54, 1.807) is 35.5 Å². The van der Waals surface area contributed by atoms with E-state index < -0.39 is 6.29 Å². The molecule has 0 amide bonds. The first kappa shape index (κ1) is 14.8. The maximum atomic E-state index is 5.74. The maximum absolute atomic E-state index is 5.74. The molecule has 1 aliphatic heterocycles. The van der Waals surface area contributed by atoms with Crippen LogP contribution in [-0.4, -0.2) is 72.9 Å². The van der Waals surface area contributed by atoms with Gasteiger partial charge in [0.25, 0.3) is 0 Å². The lowest BCUT2D eigenvalue weighted by molar-refractivity contribution is -0.307. The van der Waals surface area contributed by atoms with Gasteiger partial charge in [-0.15, -0.1) is 0 Å². The lowest BCUT2D eigenvalue weighted by Gasteiger charge is -2.44. The zero-order valence-corrected chi connectivity index (χ0v) is 11.0. The second kappa shape index (κ2) is 7.25. The summed E-state index contributed by atoms with van der Waals surface area (Å²) in [5.41, 5.74) is 0. The van der Waals surface area contributed by atoms with E-state index in [0.717, 1.165) is 0 Å². The topological polar surface area (TPSA) is 55.4 Å². The van der Waals surface area contributed by atoms with Crippen LogP contribution in [-0.2, 0) is 28.4 Å². The number of hydrogen-bond donors (Lipinski definition) is 0. The molecular weight excluding hydrogens is 228 g/mol. The lowest BCUT2D eigenvalue weighted by Crippen LogP contribution is -2.61. The van der Waals surface area contributed by atoms with Gasteiger partial charge in [0, 0.05) is 35.5 Å². The molecular formula is C11H22O6. The summed E-state index contributed by atoms with van der Waals surface area (Å²) in [7, 11) is 8.01. The molecule has 1 heterocycles. The van der Waals surface area contributed by atoms with Crippen LogP contribution in [0.2, 0.25) is 0 Å². The van der Waals surface area contributed by atoms with E-state index in [-0.39, 0.29) is 24.4 Å². The second-order valence-corrected chi connectivity index (χ2v) is 3.83.